The quantitative estimate of drug-likeness (QED) is 0.0538. The minimum absolute atomic E-state index is 0.0261. The van der Waals surface area contributed by atoms with Crippen LogP contribution >= 0.6 is 11.3 Å². The van der Waals surface area contributed by atoms with Gasteiger partial charge in [-0.1, -0.05) is 9.24 Å². The van der Waals surface area contributed by atoms with Crippen LogP contribution in [0.3, 0.4) is 0 Å². The van der Waals surface area contributed by atoms with Gasteiger partial charge < -0.3 is 41.3 Å². The number of nitrogens with one attached hydrogen (secondary N) is 4. The number of β-lactam (4-membered cyclic amide) rings is 1. The highest BCUT2D eigenvalue weighted by molar-refractivity contribution is 7.88. The Morgan fingerprint density at radius 2 is 1.94 bits per heavy atom. The molecule has 0 unspecified atom stereocenters. The van der Waals surface area contributed by atoms with E-state index >= 15 is 0 Å². The van der Waals surface area contributed by atoms with E-state index in [1.165, 1.54) is 15.0 Å². The Bertz CT molecular complexity index is 2200. The molecule has 24 nitrogen and oxygen atoms in total. The number of aromatic hydroxyl groups is 1. The number of nitrogens with two attached hydrogens (primary N) is 1. The number of carbonyl (C=O) groups is 5. The van der Waals surface area contributed by atoms with E-state index in [9.17, 15) is 52.2 Å². The summed E-state index contributed by atoms with van der Waals surface area (Å²) in [6, 6.07) is -2.50. The Morgan fingerprint density at radius 3 is 2.53 bits per heavy atom. The highest BCUT2D eigenvalue weighted by Gasteiger charge is 2.44. The fourth-order valence-electron chi connectivity index (χ4n) is 4.42. The number of hydrogen-bond donors (Lipinski definition) is 7. The number of nitrogen functional groups attached to an aromatic ring is 1. The first-order valence-corrected chi connectivity index (χ1v) is 16.8. The van der Waals surface area contributed by atoms with E-state index in [0.29, 0.717) is 11.4 Å². The van der Waals surface area contributed by atoms with Crippen molar-refractivity contribution in [3.05, 3.63) is 44.0 Å². The summed E-state index contributed by atoms with van der Waals surface area (Å²) in [4.78, 5) is 101. The van der Waals surface area contributed by atoms with Gasteiger partial charge in [0, 0.05) is 43.8 Å². The van der Waals surface area contributed by atoms with Gasteiger partial charge in [0.25, 0.3) is 11.8 Å². The Hall–Kier alpha value is -6.31. The lowest BCUT2D eigenvalue weighted by atomic mass is 10.1. The van der Waals surface area contributed by atoms with Crippen molar-refractivity contribution in [1.29, 1.82) is 0 Å². The molecule has 2 fully saturated rings. The van der Waals surface area contributed by atoms with Crippen molar-refractivity contribution in [3.8, 4) is 17.3 Å². The summed E-state index contributed by atoms with van der Waals surface area (Å²) >= 11 is 0.923. The van der Waals surface area contributed by atoms with Crippen LogP contribution in [-0.2, 0) is 36.0 Å². The summed E-state index contributed by atoms with van der Waals surface area (Å²) in [5, 5.41) is 32.4. The first-order chi connectivity index (χ1) is 23.9. The molecule has 51 heavy (non-hydrogen) atoms. The molecule has 1 atom stereocenters. The number of hydrogen-bond acceptors (Lipinski definition) is 16. The SMILES string of the molecule is CC(C)(ON=C(C(=O)N[C@H]1CN(C(=O)NS(=O)(=O)n2nc(-c3cc(=O)c(O)c[nH]3)n(CCN3CCNC3=O)c2=O)C1=O)c1csc(N)n1)C(=O)O. The van der Waals surface area contributed by atoms with Crippen LogP contribution in [0.2, 0.25) is 0 Å². The topological polar surface area (TPSA) is 336 Å². The number of aromatic nitrogens is 5. The van der Waals surface area contributed by atoms with Gasteiger partial charge in [-0.25, -0.2) is 28.9 Å². The van der Waals surface area contributed by atoms with Crippen LogP contribution in [0.5, 0.6) is 5.75 Å². The number of thiazole rings is 1. The first kappa shape index (κ1) is 36.0. The number of anilines is 1. The molecule has 0 aliphatic carbocycles. The zero-order chi connectivity index (χ0) is 37.4. The summed E-state index contributed by atoms with van der Waals surface area (Å²) in [5.74, 6) is -4.65. The van der Waals surface area contributed by atoms with Crippen LogP contribution in [0.25, 0.3) is 11.5 Å². The molecule has 0 saturated carbocycles. The number of aromatic amines is 1. The minimum atomic E-state index is -5.17. The number of carbonyl (C=O) groups excluding carboxylic acids is 4. The highest BCUT2D eigenvalue weighted by Crippen LogP contribution is 2.18. The van der Waals surface area contributed by atoms with Gasteiger partial charge in [-0.15, -0.1) is 16.4 Å². The van der Waals surface area contributed by atoms with Crippen LogP contribution < -0.4 is 32.2 Å². The smallest absolute Gasteiger partial charge is 0.362 e. The van der Waals surface area contributed by atoms with Crippen LogP contribution in [0.1, 0.15) is 19.5 Å². The molecule has 26 heteroatoms. The van der Waals surface area contributed by atoms with E-state index in [2.05, 4.69) is 30.9 Å². The van der Waals surface area contributed by atoms with Gasteiger partial charge in [0.2, 0.25) is 11.0 Å². The van der Waals surface area contributed by atoms with Gasteiger partial charge in [0.05, 0.1) is 12.2 Å². The zero-order valence-corrected chi connectivity index (χ0v) is 28.0. The molecule has 0 radical (unpaired) electrons. The van der Waals surface area contributed by atoms with E-state index < -0.39 is 86.6 Å². The van der Waals surface area contributed by atoms with Crippen LogP contribution in [0.4, 0.5) is 14.7 Å². The monoisotopic (exact) mass is 752 g/mol. The molecule has 2 aliphatic heterocycles. The number of H-pyrrole nitrogens is 1. The van der Waals surface area contributed by atoms with Gasteiger partial charge in [0.15, 0.2) is 22.4 Å². The Labute approximate surface area is 288 Å². The van der Waals surface area contributed by atoms with Crippen molar-refractivity contribution in [2.45, 2.75) is 32.0 Å². The molecule has 5 rings (SSSR count). The zero-order valence-electron chi connectivity index (χ0n) is 26.3. The van der Waals surface area contributed by atoms with Crippen LogP contribution in [0, 0.1) is 0 Å². The second kappa shape index (κ2) is 13.5. The normalized spacial score (nSPS) is 16.4. The number of likely N-dealkylation sites (tertiary alicyclic amines) is 1. The third-order valence-electron chi connectivity index (χ3n) is 7.29. The minimum Gasteiger partial charge on any atom is -0.503 e. The molecule has 2 saturated heterocycles. The average Bonchev–Trinajstić information content (AvgIpc) is 3.77. The Morgan fingerprint density at radius 1 is 1.22 bits per heavy atom. The number of aliphatic carboxylic acids is 1. The Balaban J connectivity index is 1.32. The molecular formula is C25H28N12O12S2. The summed E-state index contributed by atoms with van der Waals surface area (Å²) < 4.78 is 28.7. The standard InChI is InChI=1S/C25H28N12O12S2/c1-25(2,20(42)43)49-32-16(13-10-50-21(26)30-13)18(40)29-12-9-36(19(12)41)23(45)33-51(47,48)37-24(46)35(6-5-34-4-3-27-22(34)44)17(31-37)11-7-14(38)15(39)8-28-11/h7-8,10,12,39H,3-6,9H2,1-2H3,(H2,26,30)(H,27,44)(H,28,38)(H,29,40)(H,33,45)(H,42,43)/t12-/m0/s1. The third-order valence-corrected chi connectivity index (χ3v) is 9.09. The first-order valence-electron chi connectivity index (χ1n) is 14.4. The number of amides is 6. The fraction of sp³-hybridized carbons (Fsp3) is 0.360. The number of imide groups is 1. The number of rotatable bonds is 12. The predicted octanol–water partition coefficient (Wildman–Crippen LogP) is -3.42. The van der Waals surface area contributed by atoms with Gasteiger partial charge >= 0.3 is 33.9 Å². The van der Waals surface area contributed by atoms with Crippen molar-refractivity contribution in [2.75, 3.05) is 31.9 Å². The lowest BCUT2D eigenvalue weighted by molar-refractivity contribution is -0.161. The molecule has 3 aromatic heterocycles. The number of pyridine rings is 1. The van der Waals surface area contributed by atoms with Crippen LogP contribution in [-0.4, -0.2) is 126 Å². The molecule has 8 N–H and O–H groups in total. The van der Waals surface area contributed by atoms with Crippen LogP contribution in [0.15, 0.2) is 32.4 Å². The molecule has 272 valence electrons. The third kappa shape index (κ3) is 7.34. The summed E-state index contributed by atoms with van der Waals surface area (Å²) in [6.45, 7) is 1.99. The van der Waals surface area contributed by atoms with E-state index in [1.54, 1.807) is 0 Å². The predicted molar refractivity (Wildman–Crippen MR) is 172 cm³/mol. The molecule has 0 bridgehead atoms. The molecule has 0 aromatic carbocycles. The molecular weight excluding hydrogens is 724 g/mol. The van der Waals surface area contributed by atoms with Gasteiger partial charge in [0.1, 0.15) is 11.7 Å². The lowest BCUT2D eigenvalue weighted by Crippen LogP contribution is -2.68. The highest BCUT2D eigenvalue weighted by atomic mass is 32.2. The number of oxime groups is 1. The summed E-state index contributed by atoms with van der Waals surface area (Å²) in [5.41, 5.74) is 0.672. The summed E-state index contributed by atoms with van der Waals surface area (Å²) in [6.07, 6.45) is 0.880. The van der Waals surface area contributed by atoms with Gasteiger partial charge in [-0.05, 0) is 13.8 Å². The second-order valence-electron chi connectivity index (χ2n) is 11.2. The largest absolute Gasteiger partial charge is 0.503 e. The van der Waals surface area contributed by atoms with E-state index in [4.69, 9.17) is 10.6 Å². The number of carboxylic acid groups (broad SMARTS) is 1. The van der Waals surface area contributed by atoms with E-state index in [0.717, 1.165) is 42.0 Å². The van der Waals surface area contributed by atoms with Crippen molar-refractivity contribution >= 4 is 62.2 Å². The van der Waals surface area contributed by atoms with Crippen molar-refractivity contribution in [3.63, 3.8) is 0 Å². The summed E-state index contributed by atoms with van der Waals surface area (Å²) in [7, 11) is -5.17. The average molecular weight is 753 g/mol. The molecule has 0 spiro atoms. The number of nitrogens with zero attached hydrogens (tertiary/aromatic N) is 7. The second-order valence-corrected chi connectivity index (χ2v) is 13.6. The van der Waals surface area contributed by atoms with E-state index in [-0.39, 0.29) is 40.2 Å². The molecule has 2 aliphatic rings. The number of urea groups is 2. The van der Waals surface area contributed by atoms with Crippen molar-refractivity contribution < 1.29 is 47.4 Å². The number of carboxylic acids is 1. The fourth-order valence-corrected chi connectivity index (χ4v) is 5.88. The maximum absolute atomic E-state index is 13.3. The molecule has 3 aromatic rings. The maximum atomic E-state index is 13.3. The van der Waals surface area contributed by atoms with Gasteiger partial charge in [-0.2, -0.15) is 8.42 Å². The Kier molecular flexibility index (Phi) is 9.55. The maximum Gasteiger partial charge on any atom is 0.362 e. The molecule has 5 heterocycles. The lowest BCUT2D eigenvalue weighted by Gasteiger charge is -2.36. The van der Waals surface area contributed by atoms with Gasteiger partial charge in [-0.3, -0.25) is 23.9 Å². The van der Waals surface area contributed by atoms with Crippen molar-refractivity contribution in [2.24, 2.45) is 5.16 Å². The van der Waals surface area contributed by atoms with E-state index in [1.807, 2.05) is 0 Å². The molecule has 6 amide bonds. The van der Waals surface area contributed by atoms with Crippen molar-refractivity contribution in [1.82, 2.24) is 48.9 Å².